The Bertz CT molecular complexity index is 371. The standard InChI is InChI=1S/C8H6Cl2FNO2/c9-4-1-5(10)7(2-6(4)11)14-3-8(12)13/h1-2H,3H2,(H2,12,13). The highest BCUT2D eigenvalue weighted by atomic mass is 35.5. The van der Waals surface area contributed by atoms with E-state index in [0.29, 0.717) is 0 Å². The van der Waals surface area contributed by atoms with E-state index in [0.717, 1.165) is 6.07 Å². The number of carbonyl (C=O) groups excluding carboxylic acids is 1. The molecule has 1 aromatic carbocycles. The average Bonchev–Trinajstić information content (AvgIpc) is 2.09. The van der Waals surface area contributed by atoms with Gasteiger partial charge in [-0.1, -0.05) is 23.2 Å². The lowest BCUT2D eigenvalue weighted by Crippen LogP contribution is -2.20. The Morgan fingerprint density at radius 3 is 2.64 bits per heavy atom. The van der Waals surface area contributed by atoms with Crippen molar-refractivity contribution in [3.05, 3.63) is 28.0 Å². The first-order valence-corrected chi connectivity index (χ1v) is 4.32. The van der Waals surface area contributed by atoms with E-state index in [1.165, 1.54) is 6.07 Å². The van der Waals surface area contributed by atoms with Crippen molar-refractivity contribution in [1.29, 1.82) is 0 Å². The number of nitrogens with two attached hydrogens (primary N) is 1. The van der Waals surface area contributed by atoms with Gasteiger partial charge in [-0.3, -0.25) is 4.79 Å². The van der Waals surface area contributed by atoms with Crippen LogP contribution in [-0.2, 0) is 4.79 Å². The molecular formula is C8H6Cl2FNO2. The fourth-order valence-corrected chi connectivity index (χ4v) is 1.20. The molecule has 1 rings (SSSR count). The molecule has 0 aliphatic heterocycles. The van der Waals surface area contributed by atoms with E-state index in [9.17, 15) is 9.18 Å². The third-order valence-electron chi connectivity index (χ3n) is 1.34. The number of benzene rings is 1. The number of hydrogen-bond donors (Lipinski definition) is 1. The van der Waals surface area contributed by atoms with Crippen LogP contribution in [0, 0.1) is 5.82 Å². The van der Waals surface area contributed by atoms with Gasteiger partial charge in [-0.05, 0) is 6.07 Å². The SMILES string of the molecule is NC(=O)COc1cc(F)c(Cl)cc1Cl. The van der Waals surface area contributed by atoms with Gasteiger partial charge >= 0.3 is 0 Å². The van der Waals surface area contributed by atoms with Crippen LogP contribution in [0.4, 0.5) is 4.39 Å². The summed E-state index contributed by atoms with van der Waals surface area (Å²) in [6.07, 6.45) is 0. The summed E-state index contributed by atoms with van der Waals surface area (Å²) in [6, 6.07) is 2.18. The molecule has 0 aliphatic carbocycles. The Labute approximate surface area is 89.5 Å². The van der Waals surface area contributed by atoms with Gasteiger partial charge in [0.25, 0.3) is 5.91 Å². The molecule has 0 radical (unpaired) electrons. The molecule has 0 atom stereocenters. The summed E-state index contributed by atoms with van der Waals surface area (Å²) in [5.74, 6) is -1.31. The molecule has 0 bridgehead atoms. The van der Waals surface area contributed by atoms with Crippen molar-refractivity contribution in [3.8, 4) is 5.75 Å². The molecule has 0 saturated heterocycles. The molecule has 0 heterocycles. The van der Waals surface area contributed by atoms with Gasteiger partial charge in [0.1, 0.15) is 11.6 Å². The molecule has 0 saturated carbocycles. The monoisotopic (exact) mass is 237 g/mol. The molecule has 0 fully saturated rings. The number of ether oxygens (including phenoxy) is 1. The fraction of sp³-hybridized carbons (Fsp3) is 0.125. The smallest absolute Gasteiger partial charge is 0.255 e. The van der Waals surface area contributed by atoms with Gasteiger partial charge in [0.05, 0.1) is 10.0 Å². The minimum atomic E-state index is -0.671. The number of hydrogen-bond acceptors (Lipinski definition) is 2. The molecule has 0 unspecified atom stereocenters. The maximum atomic E-state index is 12.9. The normalized spacial score (nSPS) is 9.93. The number of amides is 1. The van der Waals surface area contributed by atoms with E-state index in [1.54, 1.807) is 0 Å². The first-order chi connectivity index (χ1) is 6.50. The van der Waals surface area contributed by atoms with Gasteiger partial charge in [-0.15, -0.1) is 0 Å². The van der Waals surface area contributed by atoms with Gasteiger partial charge in [0, 0.05) is 6.07 Å². The summed E-state index contributed by atoms with van der Waals surface area (Å²) in [7, 11) is 0. The Kier molecular flexibility index (Phi) is 3.55. The Morgan fingerprint density at radius 2 is 2.07 bits per heavy atom. The predicted octanol–water partition coefficient (Wildman–Crippen LogP) is 2.00. The highest BCUT2D eigenvalue weighted by Gasteiger charge is 2.08. The van der Waals surface area contributed by atoms with Crippen molar-refractivity contribution in [1.82, 2.24) is 0 Å². The van der Waals surface area contributed by atoms with Crippen LogP contribution in [-0.4, -0.2) is 12.5 Å². The van der Waals surface area contributed by atoms with Crippen molar-refractivity contribution in [2.24, 2.45) is 5.73 Å². The van der Waals surface area contributed by atoms with Crippen LogP contribution in [0.25, 0.3) is 0 Å². The Hall–Kier alpha value is -1.00. The molecule has 0 spiro atoms. The third-order valence-corrected chi connectivity index (χ3v) is 1.93. The zero-order valence-electron chi connectivity index (χ0n) is 6.89. The van der Waals surface area contributed by atoms with E-state index in [2.05, 4.69) is 0 Å². The zero-order valence-corrected chi connectivity index (χ0v) is 8.40. The van der Waals surface area contributed by atoms with E-state index in [1.807, 2.05) is 0 Å². The van der Waals surface area contributed by atoms with Crippen molar-refractivity contribution >= 4 is 29.1 Å². The van der Waals surface area contributed by atoms with Gasteiger partial charge < -0.3 is 10.5 Å². The largest absolute Gasteiger partial charge is 0.482 e. The lowest BCUT2D eigenvalue weighted by atomic mass is 10.3. The van der Waals surface area contributed by atoms with E-state index < -0.39 is 11.7 Å². The molecule has 1 amide bonds. The molecule has 3 nitrogen and oxygen atoms in total. The summed E-state index contributed by atoms with van der Waals surface area (Å²) in [6.45, 7) is -0.360. The molecule has 0 aromatic heterocycles. The molecule has 2 N–H and O–H groups in total. The third kappa shape index (κ3) is 2.75. The van der Waals surface area contributed by atoms with Crippen LogP contribution >= 0.6 is 23.2 Å². The quantitative estimate of drug-likeness (QED) is 0.818. The van der Waals surface area contributed by atoms with Crippen LogP contribution < -0.4 is 10.5 Å². The van der Waals surface area contributed by atoms with Gasteiger partial charge in [0.2, 0.25) is 0 Å². The van der Waals surface area contributed by atoms with Crippen LogP contribution in [0.1, 0.15) is 0 Å². The lowest BCUT2D eigenvalue weighted by Gasteiger charge is -2.06. The first kappa shape index (κ1) is 11.1. The minimum Gasteiger partial charge on any atom is -0.482 e. The van der Waals surface area contributed by atoms with Crippen LogP contribution in [0.3, 0.4) is 0 Å². The van der Waals surface area contributed by atoms with Crippen LogP contribution in [0.5, 0.6) is 5.75 Å². The second kappa shape index (κ2) is 4.48. The Balaban J connectivity index is 2.87. The van der Waals surface area contributed by atoms with Crippen molar-refractivity contribution < 1.29 is 13.9 Å². The molecule has 1 aromatic rings. The maximum Gasteiger partial charge on any atom is 0.255 e. The van der Waals surface area contributed by atoms with Crippen LogP contribution in [0.2, 0.25) is 10.0 Å². The summed E-state index contributed by atoms with van der Waals surface area (Å²) in [5.41, 5.74) is 4.83. The topological polar surface area (TPSA) is 52.3 Å². The second-order valence-corrected chi connectivity index (χ2v) is 3.27. The van der Waals surface area contributed by atoms with Crippen molar-refractivity contribution in [3.63, 3.8) is 0 Å². The van der Waals surface area contributed by atoms with Gasteiger partial charge in [-0.2, -0.15) is 0 Å². The molecule has 6 heteroatoms. The molecule has 14 heavy (non-hydrogen) atoms. The fourth-order valence-electron chi connectivity index (χ4n) is 0.764. The van der Waals surface area contributed by atoms with Crippen LogP contribution in [0.15, 0.2) is 12.1 Å². The average molecular weight is 238 g/mol. The number of primary amides is 1. The van der Waals surface area contributed by atoms with E-state index >= 15 is 0 Å². The first-order valence-electron chi connectivity index (χ1n) is 3.56. The molecular weight excluding hydrogens is 232 g/mol. The summed E-state index contributed by atoms with van der Waals surface area (Å²) in [5, 5.41) is 0.0130. The van der Waals surface area contributed by atoms with Gasteiger partial charge in [-0.25, -0.2) is 4.39 Å². The summed E-state index contributed by atoms with van der Waals surface area (Å²) in [4.78, 5) is 10.4. The molecule has 0 aliphatic rings. The number of rotatable bonds is 3. The number of halogens is 3. The number of carbonyl (C=O) groups is 1. The molecule has 76 valence electrons. The van der Waals surface area contributed by atoms with Crippen molar-refractivity contribution in [2.75, 3.05) is 6.61 Å². The van der Waals surface area contributed by atoms with E-state index in [4.69, 9.17) is 33.7 Å². The van der Waals surface area contributed by atoms with Gasteiger partial charge in [0.15, 0.2) is 6.61 Å². The highest BCUT2D eigenvalue weighted by molar-refractivity contribution is 6.35. The maximum absolute atomic E-state index is 12.9. The van der Waals surface area contributed by atoms with E-state index in [-0.39, 0.29) is 22.4 Å². The van der Waals surface area contributed by atoms with Crippen molar-refractivity contribution in [2.45, 2.75) is 0 Å². The lowest BCUT2D eigenvalue weighted by molar-refractivity contribution is -0.119. The zero-order chi connectivity index (χ0) is 10.7. The highest BCUT2D eigenvalue weighted by Crippen LogP contribution is 2.29. The summed E-state index contributed by atoms with van der Waals surface area (Å²) < 4.78 is 17.7. The Morgan fingerprint density at radius 1 is 1.43 bits per heavy atom. The minimum absolute atomic E-state index is 0.0346. The second-order valence-electron chi connectivity index (χ2n) is 2.45. The predicted molar refractivity (Wildman–Crippen MR) is 51.1 cm³/mol. The summed E-state index contributed by atoms with van der Waals surface area (Å²) >= 11 is 11.1.